The standard InChI is InChI=1S/C15H17N3O3/c19-14-7-6-12(16-17-14)15(20)18-8-9-21-10-13(18)11-4-2-1-3-5-11/h1-5,13H,6-10H2,(H,17,19). The van der Waals surface area contributed by atoms with Crippen LogP contribution in [0.1, 0.15) is 24.4 Å². The van der Waals surface area contributed by atoms with E-state index in [-0.39, 0.29) is 17.9 Å². The Morgan fingerprint density at radius 1 is 1.29 bits per heavy atom. The molecule has 6 heteroatoms. The van der Waals surface area contributed by atoms with Gasteiger partial charge in [-0.25, -0.2) is 5.43 Å². The highest BCUT2D eigenvalue weighted by Crippen LogP contribution is 2.24. The quantitative estimate of drug-likeness (QED) is 0.876. The molecular formula is C15H17N3O3. The van der Waals surface area contributed by atoms with Crippen LogP contribution in [0.2, 0.25) is 0 Å². The maximum absolute atomic E-state index is 12.6. The van der Waals surface area contributed by atoms with Crippen LogP contribution in [0, 0.1) is 0 Å². The van der Waals surface area contributed by atoms with Gasteiger partial charge in [0.2, 0.25) is 5.91 Å². The summed E-state index contributed by atoms with van der Waals surface area (Å²) in [4.78, 5) is 25.5. The topological polar surface area (TPSA) is 71.0 Å². The molecule has 0 bridgehead atoms. The monoisotopic (exact) mass is 287 g/mol. The summed E-state index contributed by atoms with van der Waals surface area (Å²) in [6, 6.07) is 9.72. The number of benzene rings is 1. The summed E-state index contributed by atoms with van der Waals surface area (Å²) in [5.41, 5.74) is 3.84. The Kier molecular flexibility index (Phi) is 3.96. The minimum atomic E-state index is -0.145. The van der Waals surface area contributed by atoms with Gasteiger partial charge in [0.15, 0.2) is 0 Å². The number of rotatable bonds is 2. The summed E-state index contributed by atoms with van der Waals surface area (Å²) in [6.45, 7) is 1.54. The Morgan fingerprint density at radius 3 is 2.81 bits per heavy atom. The summed E-state index contributed by atoms with van der Waals surface area (Å²) >= 11 is 0. The van der Waals surface area contributed by atoms with Crippen LogP contribution < -0.4 is 5.43 Å². The first-order valence-electron chi connectivity index (χ1n) is 7.05. The van der Waals surface area contributed by atoms with E-state index in [1.165, 1.54) is 0 Å². The zero-order chi connectivity index (χ0) is 14.7. The van der Waals surface area contributed by atoms with Crippen LogP contribution in [-0.2, 0) is 14.3 Å². The fourth-order valence-corrected chi connectivity index (χ4v) is 2.59. The molecule has 0 radical (unpaired) electrons. The molecule has 2 aliphatic heterocycles. The average molecular weight is 287 g/mol. The summed E-state index contributed by atoms with van der Waals surface area (Å²) in [5.74, 6) is -0.264. The number of hydrazone groups is 1. The zero-order valence-corrected chi connectivity index (χ0v) is 11.6. The molecule has 1 N–H and O–H groups in total. The highest BCUT2D eigenvalue weighted by atomic mass is 16.5. The van der Waals surface area contributed by atoms with E-state index < -0.39 is 0 Å². The SMILES string of the molecule is O=C1CCC(C(=O)N2CCOCC2c2ccccc2)=NN1. The zero-order valence-electron chi connectivity index (χ0n) is 11.6. The predicted molar refractivity (Wildman–Crippen MR) is 76.5 cm³/mol. The molecule has 2 aliphatic rings. The van der Waals surface area contributed by atoms with Gasteiger partial charge in [-0.1, -0.05) is 30.3 Å². The van der Waals surface area contributed by atoms with Gasteiger partial charge in [-0.2, -0.15) is 5.10 Å². The maximum atomic E-state index is 12.6. The number of amides is 2. The maximum Gasteiger partial charge on any atom is 0.270 e. The summed E-state index contributed by atoms with van der Waals surface area (Å²) in [5, 5.41) is 3.90. The molecule has 2 heterocycles. The van der Waals surface area contributed by atoms with Crippen molar-refractivity contribution in [2.24, 2.45) is 5.10 Å². The van der Waals surface area contributed by atoms with Gasteiger partial charge in [-0.3, -0.25) is 9.59 Å². The Labute approximate surface area is 122 Å². The third-order valence-electron chi connectivity index (χ3n) is 3.72. The second-order valence-electron chi connectivity index (χ2n) is 5.09. The van der Waals surface area contributed by atoms with Crippen LogP contribution in [-0.4, -0.2) is 42.2 Å². The lowest BCUT2D eigenvalue weighted by Crippen LogP contribution is -2.47. The lowest BCUT2D eigenvalue weighted by molar-refractivity contribution is -0.133. The van der Waals surface area contributed by atoms with Crippen molar-refractivity contribution >= 4 is 17.5 Å². The van der Waals surface area contributed by atoms with E-state index in [9.17, 15) is 9.59 Å². The highest BCUT2D eigenvalue weighted by Gasteiger charge is 2.32. The lowest BCUT2D eigenvalue weighted by atomic mass is 10.0. The minimum Gasteiger partial charge on any atom is -0.377 e. The second-order valence-corrected chi connectivity index (χ2v) is 5.09. The average Bonchev–Trinajstić information content (AvgIpc) is 2.56. The fourth-order valence-electron chi connectivity index (χ4n) is 2.59. The van der Waals surface area contributed by atoms with E-state index in [1.807, 2.05) is 30.3 Å². The van der Waals surface area contributed by atoms with Crippen LogP contribution >= 0.6 is 0 Å². The van der Waals surface area contributed by atoms with Gasteiger partial charge in [-0.05, 0) is 5.56 Å². The van der Waals surface area contributed by atoms with Crippen molar-refractivity contribution in [3.05, 3.63) is 35.9 Å². The van der Waals surface area contributed by atoms with Gasteiger partial charge in [0, 0.05) is 19.4 Å². The number of nitrogens with one attached hydrogen (secondary N) is 1. The number of hydrogen-bond donors (Lipinski definition) is 1. The molecule has 0 spiro atoms. The van der Waals surface area contributed by atoms with Crippen molar-refractivity contribution in [1.82, 2.24) is 10.3 Å². The van der Waals surface area contributed by atoms with Gasteiger partial charge in [-0.15, -0.1) is 0 Å². The number of nitrogens with zero attached hydrogens (tertiary/aromatic N) is 2. The van der Waals surface area contributed by atoms with E-state index >= 15 is 0 Å². The van der Waals surface area contributed by atoms with Crippen molar-refractivity contribution in [3.8, 4) is 0 Å². The van der Waals surface area contributed by atoms with Crippen LogP contribution in [0.4, 0.5) is 0 Å². The normalized spacial score (nSPS) is 22.5. The molecule has 0 aromatic heterocycles. The van der Waals surface area contributed by atoms with Crippen LogP contribution in [0.3, 0.4) is 0 Å². The van der Waals surface area contributed by atoms with Gasteiger partial charge in [0.25, 0.3) is 5.91 Å². The van der Waals surface area contributed by atoms with Crippen molar-refractivity contribution in [1.29, 1.82) is 0 Å². The van der Waals surface area contributed by atoms with E-state index in [2.05, 4.69) is 10.5 Å². The number of hydrogen-bond acceptors (Lipinski definition) is 4. The Morgan fingerprint density at radius 2 is 2.10 bits per heavy atom. The molecule has 1 aromatic carbocycles. The molecule has 1 unspecified atom stereocenters. The van der Waals surface area contributed by atoms with Crippen LogP contribution in [0.15, 0.2) is 35.4 Å². The Balaban J connectivity index is 1.81. The second kappa shape index (κ2) is 6.05. The third kappa shape index (κ3) is 2.95. The molecule has 1 atom stereocenters. The molecule has 6 nitrogen and oxygen atoms in total. The number of ether oxygens (including phenoxy) is 1. The van der Waals surface area contributed by atoms with E-state index in [0.29, 0.717) is 38.3 Å². The number of carbonyl (C=O) groups excluding carboxylic acids is 2. The largest absolute Gasteiger partial charge is 0.377 e. The number of morpholine rings is 1. The number of carbonyl (C=O) groups is 2. The Bertz CT molecular complexity index is 571. The molecule has 1 fully saturated rings. The molecule has 0 aliphatic carbocycles. The predicted octanol–water partition coefficient (Wildman–Crippen LogP) is 0.852. The van der Waals surface area contributed by atoms with Crippen molar-refractivity contribution < 1.29 is 14.3 Å². The molecule has 3 rings (SSSR count). The highest BCUT2D eigenvalue weighted by molar-refractivity contribution is 6.39. The summed E-state index contributed by atoms with van der Waals surface area (Å²) in [6.07, 6.45) is 0.703. The van der Waals surface area contributed by atoms with Gasteiger partial charge >= 0.3 is 0 Å². The fraction of sp³-hybridized carbons (Fsp3) is 0.400. The first-order chi connectivity index (χ1) is 10.3. The molecular weight excluding hydrogens is 270 g/mol. The molecule has 110 valence electrons. The molecule has 1 saturated heterocycles. The van der Waals surface area contributed by atoms with Crippen molar-refractivity contribution in [2.75, 3.05) is 19.8 Å². The van der Waals surface area contributed by atoms with E-state index in [1.54, 1.807) is 4.90 Å². The van der Waals surface area contributed by atoms with E-state index in [0.717, 1.165) is 5.56 Å². The first kappa shape index (κ1) is 13.8. The van der Waals surface area contributed by atoms with Crippen molar-refractivity contribution in [3.63, 3.8) is 0 Å². The Hall–Kier alpha value is -2.21. The third-order valence-corrected chi connectivity index (χ3v) is 3.72. The van der Waals surface area contributed by atoms with Crippen molar-refractivity contribution in [2.45, 2.75) is 18.9 Å². The lowest BCUT2D eigenvalue weighted by Gasteiger charge is -2.36. The van der Waals surface area contributed by atoms with Crippen LogP contribution in [0.5, 0.6) is 0 Å². The molecule has 21 heavy (non-hydrogen) atoms. The molecule has 0 saturated carbocycles. The first-order valence-corrected chi connectivity index (χ1v) is 7.05. The van der Waals surface area contributed by atoms with Crippen LogP contribution in [0.25, 0.3) is 0 Å². The smallest absolute Gasteiger partial charge is 0.270 e. The summed E-state index contributed by atoms with van der Waals surface area (Å²) in [7, 11) is 0. The van der Waals surface area contributed by atoms with Gasteiger partial charge < -0.3 is 9.64 Å². The molecule has 2 amide bonds. The molecule has 1 aromatic rings. The van der Waals surface area contributed by atoms with Gasteiger partial charge in [0.05, 0.1) is 19.3 Å². The van der Waals surface area contributed by atoms with E-state index in [4.69, 9.17) is 4.74 Å². The van der Waals surface area contributed by atoms with Gasteiger partial charge in [0.1, 0.15) is 5.71 Å². The summed E-state index contributed by atoms with van der Waals surface area (Å²) < 4.78 is 5.52. The minimum absolute atomic E-state index is 0.104.